The molecule has 0 aliphatic heterocycles. The third-order valence-electron chi connectivity index (χ3n) is 4.10. The SMILES string of the molecule is CC[C@@H](Sc1nnc(-c2ccccc2)c(-c2ccccc2)n1)C(=O)N(C)C. The molecule has 1 atom stereocenters. The molecule has 1 heterocycles. The minimum atomic E-state index is -0.229. The minimum Gasteiger partial charge on any atom is -0.348 e. The van der Waals surface area contributed by atoms with Crippen molar-refractivity contribution in [2.24, 2.45) is 0 Å². The van der Waals surface area contributed by atoms with Crippen LogP contribution in [0, 0.1) is 0 Å². The van der Waals surface area contributed by atoms with E-state index in [4.69, 9.17) is 4.98 Å². The van der Waals surface area contributed by atoms with E-state index in [1.807, 2.05) is 67.6 Å². The molecule has 2 aromatic carbocycles. The second kappa shape index (κ2) is 8.77. The molecule has 0 spiro atoms. The Kier molecular flexibility index (Phi) is 6.19. The van der Waals surface area contributed by atoms with Gasteiger partial charge in [0.1, 0.15) is 11.4 Å². The molecule has 0 aliphatic carbocycles. The maximum Gasteiger partial charge on any atom is 0.235 e. The number of rotatable bonds is 6. The van der Waals surface area contributed by atoms with E-state index in [2.05, 4.69) is 10.2 Å². The summed E-state index contributed by atoms with van der Waals surface area (Å²) < 4.78 is 0. The van der Waals surface area contributed by atoms with Gasteiger partial charge < -0.3 is 4.90 Å². The lowest BCUT2D eigenvalue weighted by molar-refractivity contribution is -0.128. The zero-order chi connectivity index (χ0) is 19.2. The van der Waals surface area contributed by atoms with Crippen LogP contribution < -0.4 is 0 Å². The fraction of sp³-hybridized carbons (Fsp3) is 0.238. The van der Waals surface area contributed by atoms with Crippen molar-refractivity contribution in [2.75, 3.05) is 14.1 Å². The number of nitrogens with zero attached hydrogens (tertiary/aromatic N) is 4. The molecular weight excluding hydrogens is 356 g/mol. The minimum absolute atomic E-state index is 0.0551. The van der Waals surface area contributed by atoms with Crippen LogP contribution in [0.25, 0.3) is 22.5 Å². The first kappa shape index (κ1) is 19.0. The first-order valence-electron chi connectivity index (χ1n) is 8.83. The predicted molar refractivity (Wildman–Crippen MR) is 109 cm³/mol. The highest BCUT2D eigenvalue weighted by Crippen LogP contribution is 2.31. The largest absolute Gasteiger partial charge is 0.348 e. The number of hydrogen-bond donors (Lipinski definition) is 0. The topological polar surface area (TPSA) is 59.0 Å². The molecular formula is C21H22N4OS. The molecule has 6 heteroatoms. The lowest BCUT2D eigenvalue weighted by Gasteiger charge is -2.18. The van der Waals surface area contributed by atoms with Gasteiger partial charge in [0.2, 0.25) is 11.1 Å². The average Bonchev–Trinajstić information content (AvgIpc) is 2.72. The van der Waals surface area contributed by atoms with Crippen molar-refractivity contribution in [2.45, 2.75) is 23.8 Å². The fourth-order valence-corrected chi connectivity index (χ4v) is 3.64. The quantitative estimate of drug-likeness (QED) is 0.603. The number of carbonyl (C=O) groups excluding carboxylic acids is 1. The van der Waals surface area contributed by atoms with E-state index in [1.54, 1.807) is 19.0 Å². The summed E-state index contributed by atoms with van der Waals surface area (Å²) in [5.74, 6) is 0.0551. The molecule has 1 amide bonds. The Bertz CT molecular complexity index is 901. The van der Waals surface area contributed by atoms with Crippen LogP contribution >= 0.6 is 11.8 Å². The van der Waals surface area contributed by atoms with Crippen LogP contribution in [0.2, 0.25) is 0 Å². The van der Waals surface area contributed by atoms with Crippen LogP contribution in [0.15, 0.2) is 65.8 Å². The number of aromatic nitrogens is 3. The van der Waals surface area contributed by atoms with Gasteiger partial charge in [-0.25, -0.2) is 4.98 Å². The Morgan fingerprint density at radius 3 is 2.00 bits per heavy atom. The molecule has 1 aromatic heterocycles. The molecule has 0 N–H and O–H groups in total. The van der Waals surface area contributed by atoms with Gasteiger partial charge in [0.25, 0.3) is 0 Å². The van der Waals surface area contributed by atoms with Gasteiger partial charge in [-0.05, 0) is 6.42 Å². The summed E-state index contributed by atoms with van der Waals surface area (Å²) in [5, 5.41) is 9.04. The Labute approximate surface area is 163 Å². The van der Waals surface area contributed by atoms with Gasteiger partial charge in [0, 0.05) is 25.2 Å². The van der Waals surface area contributed by atoms with Crippen LogP contribution in [0.1, 0.15) is 13.3 Å². The molecule has 0 radical (unpaired) electrons. The molecule has 0 saturated heterocycles. The normalized spacial score (nSPS) is 11.8. The van der Waals surface area contributed by atoms with E-state index >= 15 is 0 Å². The zero-order valence-corrected chi connectivity index (χ0v) is 16.5. The zero-order valence-electron chi connectivity index (χ0n) is 15.7. The van der Waals surface area contributed by atoms with Crippen molar-refractivity contribution < 1.29 is 4.79 Å². The van der Waals surface area contributed by atoms with Crippen LogP contribution in [0.4, 0.5) is 0 Å². The van der Waals surface area contributed by atoms with Crippen molar-refractivity contribution in [3.8, 4) is 22.5 Å². The highest BCUT2D eigenvalue weighted by atomic mass is 32.2. The molecule has 5 nitrogen and oxygen atoms in total. The monoisotopic (exact) mass is 378 g/mol. The smallest absolute Gasteiger partial charge is 0.235 e. The van der Waals surface area contributed by atoms with Gasteiger partial charge in [0.05, 0.1) is 5.25 Å². The third-order valence-corrected chi connectivity index (χ3v) is 5.30. The van der Waals surface area contributed by atoms with Crippen molar-refractivity contribution in [1.29, 1.82) is 0 Å². The maximum atomic E-state index is 12.4. The average molecular weight is 379 g/mol. The highest BCUT2D eigenvalue weighted by Gasteiger charge is 2.22. The van der Waals surface area contributed by atoms with Crippen LogP contribution in [0.3, 0.4) is 0 Å². The summed E-state index contributed by atoms with van der Waals surface area (Å²) in [5.41, 5.74) is 3.44. The predicted octanol–water partition coefficient (Wildman–Crippen LogP) is 4.16. The summed E-state index contributed by atoms with van der Waals surface area (Å²) in [6.45, 7) is 1.99. The molecule has 3 rings (SSSR count). The Balaban J connectivity index is 2.02. The van der Waals surface area contributed by atoms with Crippen molar-refractivity contribution in [3.63, 3.8) is 0 Å². The summed E-state index contributed by atoms with van der Waals surface area (Å²) in [7, 11) is 3.52. The molecule has 0 bridgehead atoms. The van der Waals surface area contributed by atoms with E-state index in [-0.39, 0.29) is 11.2 Å². The standard InChI is InChI=1S/C21H22N4OS/c1-4-17(20(26)25(2)3)27-21-22-18(15-11-7-5-8-12-15)19(23-24-21)16-13-9-6-10-14-16/h5-14,17H,4H2,1-3H3/t17-/m1/s1. The molecule has 0 unspecified atom stereocenters. The van der Waals surface area contributed by atoms with Gasteiger partial charge in [-0.15, -0.1) is 10.2 Å². The Morgan fingerprint density at radius 2 is 1.48 bits per heavy atom. The van der Waals surface area contributed by atoms with Gasteiger partial charge in [-0.1, -0.05) is 79.3 Å². The van der Waals surface area contributed by atoms with Crippen LogP contribution in [0.5, 0.6) is 0 Å². The van der Waals surface area contributed by atoms with E-state index in [9.17, 15) is 4.79 Å². The summed E-state index contributed by atoms with van der Waals surface area (Å²) >= 11 is 1.36. The fourth-order valence-electron chi connectivity index (χ4n) is 2.67. The first-order valence-corrected chi connectivity index (χ1v) is 9.71. The van der Waals surface area contributed by atoms with Crippen LogP contribution in [-0.4, -0.2) is 45.3 Å². The number of benzene rings is 2. The number of amides is 1. The van der Waals surface area contributed by atoms with Crippen LogP contribution in [-0.2, 0) is 4.79 Å². The molecule has 27 heavy (non-hydrogen) atoms. The highest BCUT2D eigenvalue weighted by molar-refractivity contribution is 8.00. The van der Waals surface area contributed by atoms with Gasteiger partial charge in [0.15, 0.2) is 0 Å². The molecule has 3 aromatic rings. The first-order chi connectivity index (χ1) is 13.1. The van der Waals surface area contributed by atoms with E-state index in [0.717, 1.165) is 22.5 Å². The number of thioether (sulfide) groups is 1. The molecule has 0 aliphatic rings. The molecule has 138 valence electrons. The third kappa shape index (κ3) is 4.52. The summed E-state index contributed by atoms with van der Waals surface area (Å²) in [6.07, 6.45) is 0.701. The second-order valence-corrected chi connectivity index (χ2v) is 7.44. The molecule has 0 saturated carbocycles. The number of carbonyl (C=O) groups is 1. The van der Waals surface area contributed by atoms with Gasteiger partial charge in [-0.2, -0.15) is 0 Å². The Hall–Kier alpha value is -2.73. The van der Waals surface area contributed by atoms with Crippen molar-refractivity contribution in [1.82, 2.24) is 20.1 Å². The van der Waals surface area contributed by atoms with E-state index in [0.29, 0.717) is 11.6 Å². The lowest BCUT2D eigenvalue weighted by atomic mass is 10.0. The second-order valence-electron chi connectivity index (χ2n) is 6.27. The van der Waals surface area contributed by atoms with Crippen molar-refractivity contribution >= 4 is 17.7 Å². The van der Waals surface area contributed by atoms with E-state index in [1.165, 1.54) is 11.8 Å². The maximum absolute atomic E-state index is 12.4. The van der Waals surface area contributed by atoms with Crippen molar-refractivity contribution in [3.05, 3.63) is 60.7 Å². The lowest BCUT2D eigenvalue weighted by Crippen LogP contribution is -2.31. The van der Waals surface area contributed by atoms with Gasteiger partial charge in [-0.3, -0.25) is 4.79 Å². The summed E-state index contributed by atoms with van der Waals surface area (Å²) in [6, 6.07) is 19.8. The van der Waals surface area contributed by atoms with E-state index < -0.39 is 0 Å². The van der Waals surface area contributed by atoms with Gasteiger partial charge >= 0.3 is 0 Å². The molecule has 0 fully saturated rings. The number of hydrogen-bond acceptors (Lipinski definition) is 5. The summed E-state index contributed by atoms with van der Waals surface area (Å²) in [4.78, 5) is 18.7. The Morgan fingerprint density at radius 1 is 0.926 bits per heavy atom.